The van der Waals surface area contributed by atoms with Crippen molar-refractivity contribution in [3.8, 4) is 5.75 Å². The molecule has 2 aromatic rings. The van der Waals surface area contributed by atoms with Crippen LogP contribution in [0.3, 0.4) is 0 Å². The minimum atomic E-state index is 0.509. The van der Waals surface area contributed by atoms with Gasteiger partial charge in [0.25, 0.3) is 0 Å². The second kappa shape index (κ2) is 13.0. The van der Waals surface area contributed by atoms with E-state index in [-0.39, 0.29) is 0 Å². The lowest BCUT2D eigenvalue weighted by molar-refractivity contribution is 0.145. The lowest BCUT2D eigenvalue weighted by atomic mass is 10.2. The first-order valence-corrected chi connectivity index (χ1v) is 9.92. The summed E-state index contributed by atoms with van der Waals surface area (Å²) in [7, 11) is 1.66. The molecule has 28 heavy (non-hydrogen) atoms. The van der Waals surface area contributed by atoms with Crippen LogP contribution in [-0.2, 0) is 17.7 Å². The Hall–Kier alpha value is -2.31. The van der Waals surface area contributed by atoms with Gasteiger partial charge in [-0.1, -0.05) is 29.8 Å². The second-order valence-electron chi connectivity index (χ2n) is 6.16. The lowest BCUT2D eigenvalue weighted by Crippen LogP contribution is -2.39. The minimum absolute atomic E-state index is 0.509. The molecule has 1 aromatic heterocycles. The molecular formula is C21H29ClN4O2. The maximum Gasteiger partial charge on any atom is 0.191 e. The second-order valence-corrected chi connectivity index (χ2v) is 6.54. The maximum absolute atomic E-state index is 5.83. The predicted molar refractivity (Wildman–Crippen MR) is 114 cm³/mol. The molecule has 6 nitrogen and oxygen atoms in total. The summed E-state index contributed by atoms with van der Waals surface area (Å²) >= 11 is 5.83. The van der Waals surface area contributed by atoms with Gasteiger partial charge in [-0.05, 0) is 49.1 Å². The Morgan fingerprint density at radius 2 is 1.82 bits per heavy atom. The van der Waals surface area contributed by atoms with E-state index < -0.39 is 0 Å². The number of hydrogen-bond acceptors (Lipinski definition) is 4. The number of aliphatic imine (C=N–C) groups is 1. The summed E-state index contributed by atoms with van der Waals surface area (Å²) in [5, 5.41) is 7.25. The van der Waals surface area contributed by atoms with E-state index in [1.54, 1.807) is 13.3 Å². The van der Waals surface area contributed by atoms with Crippen LogP contribution in [-0.4, -0.2) is 44.4 Å². The highest BCUT2D eigenvalue weighted by molar-refractivity contribution is 6.29. The summed E-state index contributed by atoms with van der Waals surface area (Å²) in [6.45, 7) is 5.63. The molecule has 1 aromatic carbocycles. The number of nitrogens with one attached hydrogen (secondary N) is 2. The van der Waals surface area contributed by atoms with Crippen molar-refractivity contribution in [3.63, 3.8) is 0 Å². The molecule has 0 unspecified atom stereocenters. The zero-order chi connectivity index (χ0) is 20.0. The van der Waals surface area contributed by atoms with Gasteiger partial charge in [-0.25, -0.2) is 9.98 Å². The molecule has 0 saturated carbocycles. The SMILES string of the molecule is CCOCCCNC(=NCc1ccc(OC)cc1)NCCc1ccc(Cl)nc1. The topological polar surface area (TPSA) is 67.8 Å². The molecule has 0 saturated heterocycles. The van der Waals surface area contributed by atoms with Crippen LogP contribution >= 0.6 is 11.6 Å². The van der Waals surface area contributed by atoms with Crippen LogP contribution in [0.4, 0.5) is 0 Å². The van der Waals surface area contributed by atoms with E-state index in [2.05, 4.69) is 20.6 Å². The zero-order valence-corrected chi connectivity index (χ0v) is 17.3. The van der Waals surface area contributed by atoms with Gasteiger partial charge in [0.05, 0.1) is 13.7 Å². The molecule has 0 fully saturated rings. The minimum Gasteiger partial charge on any atom is -0.497 e. The number of hydrogen-bond donors (Lipinski definition) is 2. The fraction of sp³-hybridized carbons (Fsp3) is 0.429. The molecule has 7 heteroatoms. The molecule has 0 bridgehead atoms. The van der Waals surface area contributed by atoms with Crippen LogP contribution in [0.25, 0.3) is 0 Å². The van der Waals surface area contributed by atoms with Gasteiger partial charge in [-0.3, -0.25) is 0 Å². The van der Waals surface area contributed by atoms with Gasteiger partial charge >= 0.3 is 0 Å². The Morgan fingerprint density at radius 1 is 1.07 bits per heavy atom. The highest BCUT2D eigenvalue weighted by Crippen LogP contribution is 2.11. The number of rotatable bonds is 11. The molecule has 0 aliphatic heterocycles. The van der Waals surface area contributed by atoms with E-state index in [4.69, 9.17) is 21.1 Å². The van der Waals surface area contributed by atoms with Crippen molar-refractivity contribution in [2.75, 3.05) is 33.4 Å². The van der Waals surface area contributed by atoms with Crippen molar-refractivity contribution >= 4 is 17.6 Å². The first kappa shape index (κ1) is 22.0. The molecular weight excluding hydrogens is 376 g/mol. The number of benzene rings is 1. The maximum atomic E-state index is 5.83. The van der Waals surface area contributed by atoms with Gasteiger partial charge in [0.1, 0.15) is 10.9 Å². The van der Waals surface area contributed by atoms with Crippen molar-refractivity contribution in [1.82, 2.24) is 15.6 Å². The highest BCUT2D eigenvalue weighted by atomic mass is 35.5. The zero-order valence-electron chi connectivity index (χ0n) is 16.6. The van der Waals surface area contributed by atoms with Crippen LogP contribution in [0.15, 0.2) is 47.6 Å². The number of ether oxygens (including phenoxy) is 2. The molecule has 0 amide bonds. The molecule has 1 heterocycles. The Bertz CT molecular complexity index is 705. The average Bonchev–Trinajstić information content (AvgIpc) is 2.73. The molecule has 152 valence electrons. The third-order valence-electron chi connectivity index (χ3n) is 4.04. The van der Waals surface area contributed by atoms with E-state index >= 15 is 0 Å². The summed E-state index contributed by atoms with van der Waals surface area (Å²) in [6, 6.07) is 11.7. The number of aromatic nitrogens is 1. The van der Waals surface area contributed by atoms with Crippen molar-refractivity contribution in [2.45, 2.75) is 26.3 Å². The third-order valence-corrected chi connectivity index (χ3v) is 4.26. The lowest BCUT2D eigenvalue weighted by Gasteiger charge is -2.13. The van der Waals surface area contributed by atoms with Crippen LogP contribution in [0.2, 0.25) is 5.15 Å². The fourth-order valence-electron chi connectivity index (χ4n) is 2.48. The quantitative estimate of drug-likeness (QED) is 0.260. The van der Waals surface area contributed by atoms with Crippen LogP contribution < -0.4 is 15.4 Å². The number of halogens is 1. The smallest absolute Gasteiger partial charge is 0.191 e. The Morgan fingerprint density at radius 3 is 2.50 bits per heavy atom. The largest absolute Gasteiger partial charge is 0.497 e. The van der Waals surface area contributed by atoms with Gasteiger partial charge in [-0.2, -0.15) is 0 Å². The van der Waals surface area contributed by atoms with Crippen molar-refractivity contribution in [3.05, 3.63) is 58.9 Å². The number of nitrogens with zero attached hydrogens (tertiary/aromatic N) is 2. The summed E-state index contributed by atoms with van der Waals surface area (Å²) < 4.78 is 10.6. The average molecular weight is 405 g/mol. The molecule has 2 N–H and O–H groups in total. The van der Waals surface area contributed by atoms with Gasteiger partial charge in [0.2, 0.25) is 0 Å². The van der Waals surface area contributed by atoms with Crippen LogP contribution in [0.5, 0.6) is 5.75 Å². The Kier molecular flexibility index (Phi) is 10.2. The molecule has 0 spiro atoms. The standard InChI is InChI=1S/C21H29ClN4O2/c1-3-28-14-4-12-23-21(24-13-11-18-7-10-20(22)25-15-18)26-16-17-5-8-19(27-2)9-6-17/h5-10,15H,3-4,11-14,16H2,1-2H3,(H2,23,24,26). The highest BCUT2D eigenvalue weighted by Gasteiger charge is 2.01. The van der Waals surface area contributed by atoms with Crippen LogP contribution in [0, 0.1) is 0 Å². The predicted octanol–water partition coefficient (Wildman–Crippen LogP) is 3.45. The Labute approximate surface area is 172 Å². The summed E-state index contributed by atoms with van der Waals surface area (Å²) in [6.07, 6.45) is 3.57. The summed E-state index contributed by atoms with van der Waals surface area (Å²) in [5.74, 6) is 1.63. The fourth-order valence-corrected chi connectivity index (χ4v) is 2.59. The van der Waals surface area contributed by atoms with Crippen molar-refractivity contribution in [2.24, 2.45) is 4.99 Å². The number of guanidine groups is 1. The molecule has 2 rings (SSSR count). The normalized spacial score (nSPS) is 11.3. The number of methoxy groups -OCH3 is 1. The first-order valence-electron chi connectivity index (χ1n) is 9.54. The van der Waals surface area contributed by atoms with Crippen LogP contribution in [0.1, 0.15) is 24.5 Å². The van der Waals surface area contributed by atoms with E-state index in [9.17, 15) is 0 Å². The monoisotopic (exact) mass is 404 g/mol. The van der Waals surface area contributed by atoms with Gasteiger partial charge in [0, 0.05) is 32.5 Å². The van der Waals surface area contributed by atoms with Gasteiger partial charge in [-0.15, -0.1) is 0 Å². The first-order chi connectivity index (χ1) is 13.7. The van der Waals surface area contributed by atoms with Gasteiger partial charge < -0.3 is 20.1 Å². The van der Waals surface area contributed by atoms with Gasteiger partial charge in [0.15, 0.2) is 5.96 Å². The van der Waals surface area contributed by atoms with Crippen molar-refractivity contribution in [1.29, 1.82) is 0 Å². The van der Waals surface area contributed by atoms with E-state index in [0.29, 0.717) is 11.7 Å². The van der Waals surface area contributed by atoms with E-state index in [1.807, 2.05) is 43.3 Å². The van der Waals surface area contributed by atoms with E-state index in [1.165, 1.54) is 0 Å². The third kappa shape index (κ3) is 8.59. The molecule has 0 aliphatic carbocycles. The summed E-state index contributed by atoms with van der Waals surface area (Å²) in [4.78, 5) is 8.80. The molecule has 0 radical (unpaired) electrons. The van der Waals surface area contributed by atoms with E-state index in [0.717, 1.165) is 62.0 Å². The molecule has 0 aliphatic rings. The molecule has 0 atom stereocenters. The number of pyridine rings is 1. The Balaban J connectivity index is 1.87. The summed E-state index contributed by atoms with van der Waals surface area (Å²) in [5.41, 5.74) is 2.25. The van der Waals surface area contributed by atoms with Crippen molar-refractivity contribution < 1.29 is 9.47 Å².